The Hall–Kier alpha value is -1.36. The third kappa shape index (κ3) is 2.45. The normalized spacial score (nSPS) is 29.5. The molecule has 2 atom stereocenters. The van der Waals surface area contributed by atoms with Gasteiger partial charge in [0.1, 0.15) is 5.69 Å². The van der Waals surface area contributed by atoms with Gasteiger partial charge in [-0.15, -0.1) is 0 Å². The van der Waals surface area contributed by atoms with Crippen LogP contribution in [0.4, 0.5) is 0 Å². The lowest BCUT2D eigenvalue weighted by Gasteiger charge is -2.43. The molecule has 0 N–H and O–H groups in total. The van der Waals surface area contributed by atoms with Crippen molar-refractivity contribution in [1.82, 2.24) is 14.7 Å². The molecule has 1 saturated heterocycles. The first-order valence-corrected chi connectivity index (χ1v) is 8.80. The summed E-state index contributed by atoms with van der Waals surface area (Å²) in [7, 11) is 0. The number of fused-ring (bicyclic) bond motifs is 1. The highest BCUT2D eigenvalue weighted by atomic mass is 16.5. The highest BCUT2D eigenvalue weighted by Crippen LogP contribution is 2.32. The van der Waals surface area contributed by atoms with Gasteiger partial charge in [0.15, 0.2) is 0 Å². The Labute approximate surface area is 131 Å². The average molecular weight is 303 g/mol. The van der Waals surface area contributed by atoms with E-state index in [4.69, 9.17) is 4.74 Å². The Bertz CT molecular complexity index is 534. The molecule has 5 nitrogen and oxygen atoms in total. The molecule has 0 spiro atoms. The van der Waals surface area contributed by atoms with Crippen LogP contribution in [0.15, 0.2) is 12.3 Å². The average Bonchev–Trinajstić information content (AvgIpc) is 3.24. The molecule has 5 heteroatoms. The van der Waals surface area contributed by atoms with E-state index in [1.807, 2.05) is 10.7 Å². The molecule has 2 heterocycles. The van der Waals surface area contributed by atoms with Crippen molar-refractivity contribution in [2.24, 2.45) is 0 Å². The van der Waals surface area contributed by atoms with Crippen LogP contribution in [0.25, 0.3) is 0 Å². The summed E-state index contributed by atoms with van der Waals surface area (Å²) in [6.07, 6.45) is 11.4. The largest absolute Gasteiger partial charge is 0.374 e. The number of amides is 1. The van der Waals surface area contributed by atoms with E-state index in [9.17, 15) is 4.79 Å². The van der Waals surface area contributed by atoms with Gasteiger partial charge >= 0.3 is 0 Å². The van der Waals surface area contributed by atoms with Gasteiger partial charge in [-0.3, -0.25) is 9.48 Å². The minimum absolute atomic E-state index is 0.157. The number of hydrogen-bond acceptors (Lipinski definition) is 3. The molecule has 120 valence electrons. The highest BCUT2D eigenvalue weighted by molar-refractivity contribution is 5.93. The van der Waals surface area contributed by atoms with E-state index in [0.717, 1.165) is 37.9 Å². The lowest BCUT2D eigenvalue weighted by molar-refractivity contribution is -0.0756. The topological polar surface area (TPSA) is 47.4 Å². The van der Waals surface area contributed by atoms with E-state index >= 15 is 0 Å². The van der Waals surface area contributed by atoms with Crippen molar-refractivity contribution in [2.45, 2.75) is 69.6 Å². The third-order valence-electron chi connectivity index (χ3n) is 5.55. The molecule has 1 amide bonds. The zero-order chi connectivity index (χ0) is 14.9. The van der Waals surface area contributed by atoms with Crippen molar-refractivity contribution in [3.05, 3.63) is 18.0 Å². The standard InChI is InChI=1S/C17H25N3O2/c21-17(15-9-10-18-20(15)13-5-1-2-6-13)19-11-12-22-16-8-4-3-7-14(16)19/h9-10,13-14,16H,1-8,11-12H2. The Kier molecular flexibility index (Phi) is 3.90. The minimum Gasteiger partial charge on any atom is -0.374 e. The van der Waals surface area contributed by atoms with E-state index in [1.165, 1.54) is 25.7 Å². The summed E-state index contributed by atoms with van der Waals surface area (Å²) in [4.78, 5) is 15.2. The maximum Gasteiger partial charge on any atom is 0.272 e. The van der Waals surface area contributed by atoms with E-state index in [0.29, 0.717) is 12.6 Å². The van der Waals surface area contributed by atoms with Gasteiger partial charge in [0, 0.05) is 12.7 Å². The Morgan fingerprint density at radius 1 is 1.14 bits per heavy atom. The van der Waals surface area contributed by atoms with Crippen LogP contribution in [0.3, 0.4) is 0 Å². The summed E-state index contributed by atoms with van der Waals surface area (Å²) >= 11 is 0. The van der Waals surface area contributed by atoms with Crippen molar-refractivity contribution < 1.29 is 9.53 Å². The summed E-state index contributed by atoms with van der Waals surface area (Å²) in [5, 5.41) is 4.46. The summed E-state index contributed by atoms with van der Waals surface area (Å²) in [5.41, 5.74) is 0.776. The Morgan fingerprint density at radius 3 is 2.77 bits per heavy atom. The SMILES string of the molecule is O=C(c1ccnn1C1CCCC1)N1CCOC2CCCCC21. The summed E-state index contributed by atoms with van der Waals surface area (Å²) in [5.74, 6) is 0.157. The molecule has 1 aromatic heterocycles. The molecule has 22 heavy (non-hydrogen) atoms. The summed E-state index contributed by atoms with van der Waals surface area (Å²) in [6.45, 7) is 1.39. The number of hydrogen-bond donors (Lipinski definition) is 0. The maximum atomic E-state index is 13.1. The molecule has 4 rings (SSSR count). The van der Waals surface area contributed by atoms with Crippen LogP contribution in [0, 0.1) is 0 Å². The van der Waals surface area contributed by atoms with Crippen LogP contribution in [-0.2, 0) is 4.74 Å². The van der Waals surface area contributed by atoms with E-state index in [-0.39, 0.29) is 18.1 Å². The molecule has 0 radical (unpaired) electrons. The van der Waals surface area contributed by atoms with E-state index in [2.05, 4.69) is 10.00 Å². The number of nitrogens with zero attached hydrogens (tertiary/aromatic N) is 3. The zero-order valence-corrected chi connectivity index (χ0v) is 13.1. The molecule has 2 aliphatic carbocycles. The molecular formula is C17H25N3O2. The minimum atomic E-state index is 0.157. The van der Waals surface area contributed by atoms with Gasteiger partial charge < -0.3 is 9.64 Å². The van der Waals surface area contributed by atoms with Crippen molar-refractivity contribution in [3.63, 3.8) is 0 Å². The molecule has 1 aliphatic heterocycles. The van der Waals surface area contributed by atoms with Crippen LogP contribution in [0.5, 0.6) is 0 Å². The molecule has 3 aliphatic rings. The van der Waals surface area contributed by atoms with Crippen LogP contribution < -0.4 is 0 Å². The van der Waals surface area contributed by atoms with Crippen molar-refractivity contribution in [1.29, 1.82) is 0 Å². The second kappa shape index (κ2) is 6.03. The summed E-state index contributed by atoms with van der Waals surface area (Å²) < 4.78 is 7.88. The maximum absolute atomic E-state index is 13.1. The molecule has 2 unspecified atom stereocenters. The second-order valence-corrected chi connectivity index (χ2v) is 6.86. The Morgan fingerprint density at radius 2 is 1.91 bits per heavy atom. The first-order valence-electron chi connectivity index (χ1n) is 8.80. The number of carbonyl (C=O) groups is 1. The molecule has 1 aromatic rings. The number of carbonyl (C=O) groups excluding carboxylic acids is 1. The molecule has 2 saturated carbocycles. The third-order valence-corrected chi connectivity index (χ3v) is 5.55. The molecule has 0 bridgehead atoms. The van der Waals surface area contributed by atoms with Gasteiger partial charge in [-0.2, -0.15) is 5.10 Å². The first kappa shape index (κ1) is 14.2. The quantitative estimate of drug-likeness (QED) is 0.844. The van der Waals surface area contributed by atoms with Gasteiger partial charge in [0.25, 0.3) is 5.91 Å². The van der Waals surface area contributed by atoms with Crippen LogP contribution >= 0.6 is 0 Å². The van der Waals surface area contributed by atoms with Gasteiger partial charge in [0.05, 0.1) is 24.8 Å². The molecule has 3 fully saturated rings. The monoisotopic (exact) mass is 303 g/mol. The fraction of sp³-hybridized carbons (Fsp3) is 0.765. The fourth-order valence-corrected chi connectivity index (χ4v) is 4.42. The summed E-state index contributed by atoms with van der Waals surface area (Å²) in [6, 6.07) is 2.58. The molecule has 0 aromatic carbocycles. The van der Waals surface area contributed by atoms with Crippen molar-refractivity contribution in [2.75, 3.05) is 13.2 Å². The predicted molar refractivity (Wildman–Crippen MR) is 82.8 cm³/mol. The van der Waals surface area contributed by atoms with E-state index < -0.39 is 0 Å². The fourth-order valence-electron chi connectivity index (χ4n) is 4.42. The van der Waals surface area contributed by atoms with Crippen molar-refractivity contribution >= 4 is 5.91 Å². The second-order valence-electron chi connectivity index (χ2n) is 6.86. The van der Waals surface area contributed by atoms with Crippen LogP contribution in [0.1, 0.15) is 67.9 Å². The van der Waals surface area contributed by atoms with Gasteiger partial charge in [-0.1, -0.05) is 25.7 Å². The zero-order valence-electron chi connectivity index (χ0n) is 13.1. The number of ether oxygens (including phenoxy) is 1. The number of morpholine rings is 1. The Balaban J connectivity index is 1.57. The predicted octanol–water partition coefficient (Wildman–Crippen LogP) is 2.78. The van der Waals surface area contributed by atoms with Crippen LogP contribution in [0.2, 0.25) is 0 Å². The first-order chi connectivity index (χ1) is 10.8. The highest BCUT2D eigenvalue weighted by Gasteiger charge is 2.38. The lowest BCUT2D eigenvalue weighted by Crippen LogP contribution is -2.55. The van der Waals surface area contributed by atoms with Crippen LogP contribution in [-0.4, -0.2) is 45.9 Å². The smallest absolute Gasteiger partial charge is 0.272 e. The van der Waals surface area contributed by atoms with Crippen molar-refractivity contribution in [3.8, 4) is 0 Å². The number of rotatable bonds is 2. The molecular weight excluding hydrogens is 278 g/mol. The lowest BCUT2D eigenvalue weighted by atomic mass is 9.90. The number of aromatic nitrogens is 2. The van der Waals surface area contributed by atoms with Gasteiger partial charge in [-0.05, 0) is 31.7 Å². The van der Waals surface area contributed by atoms with Gasteiger partial charge in [0.2, 0.25) is 0 Å². The van der Waals surface area contributed by atoms with Gasteiger partial charge in [-0.25, -0.2) is 0 Å². The van der Waals surface area contributed by atoms with E-state index in [1.54, 1.807) is 6.20 Å².